The Labute approximate surface area is 246 Å². The van der Waals surface area contributed by atoms with Gasteiger partial charge in [0, 0.05) is 39.7 Å². The van der Waals surface area contributed by atoms with Crippen LogP contribution in [-0.4, -0.2) is 24.3 Å². The topological polar surface area (TPSA) is 56.0 Å². The maximum absolute atomic E-state index is 5.16. The lowest BCUT2D eigenvalue weighted by Gasteiger charge is -2.10. The summed E-state index contributed by atoms with van der Waals surface area (Å²) in [7, 11) is 0. The van der Waals surface area contributed by atoms with E-state index in [9.17, 15) is 0 Å². The van der Waals surface area contributed by atoms with E-state index in [1.54, 1.807) is 0 Å². The van der Waals surface area contributed by atoms with Gasteiger partial charge in [0.2, 0.25) is 0 Å². The quantitative estimate of drug-likeness (QED) is 0.206. The Morgan fingerprint density at radius 1 is 0.488 bits per heavy atom. The van der Waals surface area contributed by atoms with Crippen LogP contribution in [0.1, 0.15) is 0 Å². The Morgan fingerprint density at radius 2 is 1.28 bits per heavy atom. The summed E-state index contributed by atoms with van der Waals surface area (Å²) >= 11 is 0. The molecule has 0 aliphatic rings. The third-order valence-electron chi connectivity index (χ3n) is 8.23. The fraction of sp³-hybridized carbons (Fsp3) is 0. The van der Waals surface area contributed by atoms with E-state index in [0.29, 0.717) is 0 Å². The third kappa shape index (κ3) is 3.79. The van der Waals surface area contributed by atoms with E-state index in [1.807, 2.05) is 42.6 Å². The van der Waals surface area contributed by atoms with Gasteiger partial charge in [-0.15, -0.1) is 0 Å². The number of benzene rings is 4. The van der Waals surface area contributed by atoms with Crippen molar-refractivity contribution < 1.29 is 0 Å². The van der Waals surface area contributed by atoms with E-state index in [2.05, 4.69) is 107 Å². The molecular formula is C38H23N5. The van der Waals surface area contributed by atoms with Crippen molar-refractivity contribution in [3.05, 3.63) is 140 Å². The summed E-state index contributed by atoms with van der Waals surface area (Å²) in [6, 6.07) is 44.0. The number of imidazole rings is 1. The number of hydrogen-bond acceptors (Lipinski definition) is 4. The molecule has 0 amide bonds. The molecule has 5 aromatic heterocycles. The van der Waals surface area contributed by atoms with Gasteiger partial charge < -0.3 is 0 Å². The van der Waals surface area contributed by atoms with E-state index in [-0.39, 0.29) is 0 Å². The number of rotatable bonds is 3. The maximum atomic E-state index is 5.16. The van der Waals surface area contributed by atoms with Crippen LogP contribution < -0.4 is 0 Å². The highest BCUT2D eigenvalue weighted by atomic mass is 15.0. The van der Waals surface area contributed by atoms with E-state index in [4.69, 9.17) is 15.0 Å². The van der Waals surface area contributed by atoms with Crippen LogP contribution in [-0.2, 0) is 0 Å². The molecule has 0 spiro atoms. The van der Waals surface area contributed by atoms with Gasteiger partial charge in [-0.2, -0.15) is 0 Å². The van der Waals surface area contributed by atoms with E-state index < -0.39 is 0 Å². The predicted molar refractivity (Wildman–Crippen MR) is 175 cm³/mol. The molecule has 0 fully saturated rings. The van der Waals surface area contributed by atoms with Gasteiger partial charge in [0.1, 0.15) is 11.2 Å². The lowest BCUT2D eigenvalue weighted by molar-refractivity contribution is 1.22. The maximum Gasteiger partial charge on any atom is 0.137 e. The van der Waals surface area contributed by atoms with Gasteiger partial charge in [0.25, 0.3) is 0 Å². The number of para-hydroxylation sites is 1. The number of hydrogen-bond donors (Lipinski definition) is 0. The highest BCUT2D eigenvalue weighted by molar-refractivity contribution is 6.09. The van der Waals surface area contributed by atoms with Crippen LogP contribution in [0.5, 0.6) is 0 Å². The Morgan fingerprint density at radius 3 is 2.21 bits per heavy atom. The number of fused-ring (bicyclic) bond motifs is 8. The average Bonchev–Trinajstić information content (AvgIpc) is 3.48. The molecule has 0 unspecified atom stereocenters. The molecule has 0 N–H and O–H groups in total. The van der Waals surface area contributed by atoms with Crippen molar-refractivity contribution in [1.29, 1.82) is 0 Å². The largest absolute Gasteiger partial charge is 0.298 e. The number of aromatic nitrogens is 5. The summed E-state index contributed by atoms with van der Waals surface area (Å²) in [5.74, 6) is 0. The van der Waals surface area contributed by atoms with Crippen LogP contribution in [0.15, 0.2) is 140 Å². The Kier molecular flexibility index (Phi) is 5.13. The van der Waals surface area contributed by atoms with Crippen molar-refractivity contribution in [2.75, 3.05) is 0 Å². The van der Waals surface area contributed by atoms with Gasteiger partial charge in [-0.05, 0) is 47.5 Å². The minimum absolute atomic E-state index is 0.912. The second-order valence-electron chi connectivity index (χ2n) is 10.8. The normalized spacial score (nSPS) is 11.7. The first-order valence-corrected chi connectivity index (χ1v) is 14.3. The third-order valence-corrected chi connectivity index (χ3v) is 8.23. The predicted octanol–water partition coefficient (Wildman–Crippen LogP) is 9.13. The fourth-order valence-electron chi connectivity index (χ4n) is 6.12. The molecule has 9 aromatic rings. The van der Waals surface area contributed by atoms with Gasteiger partial charge >= 0.3 is 0 Å². The first-order chi connectivity index (χ1) is 21.3. The molecule has 43 heavy (non-hydrogen) atoms. The lowest BCUT2D eigenvalue weighted by atomic mass is 9.98. The van der Waals surface area contributed by atoms with Crippen LogP contribution in [0.4, 0.5) is 0 Å². The molecule has 0 saturated carbocycles. The molecule has 0 radical (unpaired) electrons. The molecule has 5 heteroatoms. The summed E-state index contributed by atoms with van der Waals surface area (Å²) in [6.45, 7) is 0. The Bertz CT molecular complexity index is 2510. The molecule has 0 saturated heterocycles. The summed E-state index contributed by atoms with van der Waals surface area (Å²) in [5, 5.41) is 3.24. The van der Waals surface area contributed by atoms with Crippen molar-refractivity contribution in [3.8, 4) is 33.6 Å². The van der Waals surface area contributed by atoms with Gasteiger partial charge in [-0.1, -0.05) is 91.0 Å². The first-order valence-electron chi connectivity index (χ1n) is 14.3. The molecule has 0 bridgehead atoms. The standard InChI is InChI=1S/C38H23N5/c1-2-11-32-30(10-1)37-38(43-22-4-3-12-33(43)42-37)36(41-32)29-8-5-7-28(23-29)24-13-15-25(16-14-24)31-20-19-27-18-17-26-9-6-21-39-34(26)35(27)40-31/h1-23H. The minimum Gasteiger partial charge on any atom is -0.298 e. The fourth-order valence-corrected chi connectivity index (χ4v) is 6.12. The molecule has 5 heterocycles. The lowest BCUT2D eigenvalue weighted by Crippen LogP contribution is -1.92. The van der Waals surface area contributed by atoms with E-state index in [1.165, 1.54) is 0 Å². The second kappa shape index (κ2) is 9.29. The molecular weight excluding hydrogens is 526 g/mol. The molecule has 4 aromatic carbocycles. The Balaban J connectivity index is 1.14. The van der Waals surface area contributed by atoms with Crippen molar-refractivity contribution in [3.63, 3.8) is 0 Å². The summed E-state index contributed by atoms with van der Waals surface area (Å²) < 4.78 is 2.14. The zero-order valence-corrected chi connectivity index (χ0v) is 23.0. The highest BCUT2D eigenvalue weighted by Gasteiger charge is 2.16. The Hall–Kier alpha value is -5.94. The highest BCUT2D eigenvalue weighted by Crippen LogP contribution is 2.35. The van der Waals surface area contributed by atoms with E-state index >= 15 is 0 Å². The van der Waals surface area contributed by atoms with Crippen LogP contribution in [0, 0.1) is 0 Å². The zero-order valence-electron chi connectivity index (χ0n) is 23.0. The van der Waals surface area contributed by atoms with Crippen LogP contribution in [0.2, 0.25) is 0 Å². The number of pyridine rings is 4. The first kappa shape index (κ1) is 23.7. The summed E-state index contributed by atoms with van der Waals surface area (Å²) in [5.41, 5.74) is 11.9. The average molecular weight is 550 g/mol. The van der Waals surface area contributed by atoms with Crippen molar-refractivity contribution in [2.45, 2.75) is 0 Å². The molecule has 200 valence electrons. The van der Waals surface area contributed by atoms with Gasteiger partial charge in [0.05, 0.1) is 33.5 Å². The molecule has 0 atom stereocenters. The van der Waals surface area contributed by atoms with E-state index in [0.717, 1.165) is 83.0 Å². The molecule has 9 rings (SSSR count). The SMILES string of the molecule is c1cc(-c2ccc(-c3ccc4ccc5cccnc5c4n3)cc2)cc(-c2nc3ccccc3c3nc4ccccn4c23)c1. The smallest absolute Gasteiger partial charge is 0.137 e. The molecule has 0 aliphatic carbocycles. The zero-order chi connectivity index (χ0) is 28.3. The van der Waals surface area contributed by atoms with Crippen molar-refractivity contribution in [2.24, 2.45) is 0 Å². The summed E-state index contributed by atoms with van der Waals surface area (Å²) in [4.78, 5) is 19.8. The van der Waals surface area contributed by atoms with Crippen LogP contribution >= 0.6 is 0 Å². The van der Waals surface area contributed by atoms with Gasteiger partial charge in [-0.3, -0.25) is 9.38 Å². The monoisotopic (exact) mass is 549 g/mol. The van der Waals surface area contributed by atoms with Crippen molar-refractivity contribution in [1.82, 2.24) is 24.3 Å². The summed E-state index contributed by atoms with van der Waals surface area (Å²) in [6.07, 6.45) is 3.89. The van der Waals surface area contributed by atoms with Crippen LogP contribution in [0.25, 0.3) is 83.0 Å². The van der Waals surface area contributed by atoms with Crippen molar-refractivity contribution >= 4 is 49.4 Å². The second-order valence-corrected chi connectivity index (χ2v) is 10.8. The van der Waals surface area contributed by atoms with Gasteiger partial charge in [-0.25, -0.2) is 15.0 Å². The molecule has 5 nitrogen and oxygen atoms in total. The number of nitrogens with zero attached hydrogens (tertiary/aromatic N) is 5. The minimum atomic E-state index is 0.912. The molecule has 0 aliphatic heterocycles. The van der Waals surface area contributed by atoms with Gasteiger partial charge in [0.15, 0.2) is 0 Å². The van der Waals surface area contributed by atoms with Crippen LogP contribution in [0.3, 0.4) is 0 Å².